The second-order valence-corrected chi connectivity index (χ2v) is 3.78. The van der Waals surface area contributed by atoms with Gasteiger partial charge in [0, 0.05) is 13.6 Å². The molecule has 0 aromatic heterocycles. The first-order valence-corrected chi connectivity index (χ1v) is 5.48. The number of hydrogen-bond donors (Lipinski definition) is 1. The molecule has 14 heavy (non-hydrogen) atoms. The minimum atomic E-state index is 0.802. The summed E-state index contributed by atoms with van der Waals surface area (Å²) < 4.78 is 0. The Morgan fingerprint density at radius 1 is 1.36 bits per heavy atom. The Morgan fingerprint density at radius 3 is 2.64 bits per heavy atom. The van der Waals surface area contributed by atoms with E-state index in [2.05, 4.69) is 10.3 Å². The first kappa shape index (κ1) is 11.5. The van der Waals surface area contributed by atoms with Gasteiger partial charge in [0.1, 0.15) is 0 Å². The SMILES string of the molecule is CNN(C=O)CCCN1CCCCC1. The molecule has 0 aromatic carbocycles. The summed E-state index contributed by atoms with van der Waals surface area (Å²) in [5, 5.41) is 1.59. The molecule has 0 radical (unpaired) electrons. The van der Waals surface area contributed by atoms with Gasteiger partial charge in [-0.25, -0.2) is 5.43 Å². The number of likely N-dealkylation sites (tertiary alicyclic amines) is 1. The van der Waals surface area contributed by atoms with Crippen molar-refractivity contribution in [1.82, 2.24) is 15.3 Å². The topological polar surface area (TPSA) is 35.6 Å². The Morgan fingerprint density at radius 2 is 2.07 bits per heavy atom. The molecule has 1 N–H and O–H groups in total. The maximum absolute atomic E-state index is 10.5. The molecular formula is C10H21N3O. The summed E-state index contributed by atoms with van der Waals surface area (Å²) in [4.78, 5) is 13.0. The van der Waals surface area contributed by atoms with Gasteiger partial charge < -0.3 is 4.90 Å². The molecule has 0 saturated carbocycles. The highest BCUT2D eigenvalue weighted by Gasteiger charge is 2.09. The van der Waals surface area contributed by atoms with E-state index >= 15 is 0 Å². The molecule has 1 rings (SSSR count). The monoisotopic (exact) mass is 199 g/mol. The number of carbonyl (C=O) groups excluding carboxylic acids is 1. The van der Waals surface area contributed by atoms with Gasteiger partial charge in [0.25, 0.3) is 0 Å². The van der Waals surface area contributed by atoms with Crippen LogP contribution in [0.15, 0.2) is 0 Å². The van der Waals surface area contributed by atoms with Gasteiger partial charge in [-0.3, -0.25) is 9.80 Å². The van der Waals surface area contributed by atoms with Gasteiger partial charge in [-0.2, -0.15) is 0 Å². The molecule has 4 heteroatoms. The molecule has 1 aliphatic heterocycles. The van der Waals surface area contributed by atoms with Crippen molar-refractivity contribution in [2.24, 2.45) is 0 Å². The van der Waals surface area contributed by atoms with Crippen molar-refractivity contribution in [2.45, 2.75) is 25.7 Å². The van der Waals surface area contributed by atoms with Gasteiger partial charge in [-0.15, -0.1) is 0 Å². The van der Waals surface area contributed by atoms with Gasteiger partial charge in [-0.05, 0) is 38.9 Å². The van der Waals surface area contributed by atoms with Crippen LogP contribution in [0.3, 0.4) is 0 Å². The summed E-state index contributed by atoms with van der Waals surface area (Å²) in [6.07, 6.45) is 5.95. The summed E-state index contributed by atoms with van der Waals surface area (Å²) in [6, 6.07) is 0. The molecule has 0 aromatic rings. The molecule has 1 aliphatic rings. The fraction of sp³-hybridized carbons (Fsp3) is 0.900. The Balaban J connectivity index is 2.04. The van der Waals surface area contributed by atoms with Crippen LogP contribution in [0.5, 0.6) is 0 Å². The van der Waals surface area contributed by atoms with Crippen LogP contribution in [-0.4, -0.2) is 49.5 Å². The Kier molecular flexibility index (Phi) is 5.56. The second kappa shape index (κ2) is 6.79. The number of nitrogens with one attached hydrogen (secondary N) is 1. The Labute approximate surface area is 86.2 Å². The lowest BCUT2D eigenvalue weighted by atomic mass is 10.1. The number of nitrogens with zero attached hydrogens (tertiary/aromatic N) is 2. The summed E-state index contributed by atoms with van der Waals surface area (Å²) in [6.45, 7) is 4.39. The Hall–Kier alpha value is -0.610. The highest BCUT2D eigenvalue weighted by atomic mass is 16.1. The van der Waals surface area contributed by atoms with Crippen LogP contribution in [-0.2, 0) is 4.79 Å². The number of hydrogen-bond acceptors (Lipinski definition) is 3. The molecule has 1 fully saturated rings. The van der Waals surface area contributed by atoms with E-state index in [0.717, 1.165) is 25.9 Å². The third-order valence-electron chi connectivity index (χ3n) is 2.74. The smallest absolute Gasteiger partial charge is 0.223 e. The second-order valence-electron chi connectivity index (χ2n) is 3.78. The average Bonchev–Trinajstić information content (AvgIpc) is 2.26. The molecule has 0 spiro atoms. The van der Waals surface area contributed by atoms with E-state index in [0.29, 0.717) is 0 Å². The van der Waals surface area contributed by atoms with E-state index in [1.807, 2.05) is 0 Å². The van der Waals surface area contributed by atoms with Crippen molar-refractivity contribution in [3.05, 3.63) is 0 Å². The van der Waals surface area contributed by atoms with E-state index in [-0.39, 0.29) is 0 Å². The van der Waals surface area contributed by atoms with Crippen molar-refractivity contribution in [1.29, 1.82) is 0 Å². The van der Waals surface area contributed by atoms with E-state index in [4.69, 9.17) is 0 Å². The van der Waals surface area contributed by atoms with Crippen LogP contribution in [0.1, 0.15) is 25.7 Å². The number of rotatable bonds is 6. The molecule has 0 aliphatic carbocycles. The third-order valence-corrected chi connectivity index (χ3v) is 2.74. The lowest BCUT2D eigenvalue weighted by molar-refractivity contribution is -0.120. The normalized spacial score (nSPS) is 18.1. The average molecular weight is 199 g/mol. The highest BCUT2D eigenvalue weighted by molar-refractivity contribution is 5.45. The van der Waals surface area contributed by atoms with Gasteiger partial charge in [0.15, 0.2) is 0 Å². The maximum atomic E-state index is 10.5. The van der Waals surface area contributed by atoms with E-state index in [1.165, 1.54) is 32.4 Å². The zero-order valence-corrected chi connectivity index (χ0v) is 9.04. The standard InChI is InChI=1S/C10H21N3O/c1-11-13(10-14)9-5-8-12-6-3-2-4-7-12/h10-11H,2-9H2,1H3. The predicted octanol–water partition coefficient (Wildman–Crippen LogP) is 0.455. The number of piperidine rings is 1. The molecule has 4 nitrogen and oxygen atoms in total. The highest BCUT2D eigenvalue weighted by Crippen LogP contribution is 2.08. The van der Waals surface area contributed by atoms with E-state index in [1.54, 1.807) is 12.1 Å². The maximum Gasteiger partial charge on any atom is 0.223 e. The fourth-order valence-corrected chi connectivity index (χ4v) is 1.86. The van der Waals surface area contributed by atoms with Crippen LogP contribution in [0, 0.1) is 0 Å². The largest absolute Gasteiger partial charge is 0.303 e. The number of hydrazine groups is 1. The van der Waals surface area contributed by atoms with Gasteiger partial charge >= 0.3 is 0 Å². The lowest BCUT2D eigenvalue weighted by Crippen LogP contribution is -2.37. The minimum absolute atomic E-state index is 0.802. The van der Waals surface area contributed by atoms with Crippen LogP contribution in [0.4, 0.5) is 0 Å². The zero-order valence-electron chi connectivity index (χ0n) is 9.04. The predicted molar refractivity (Wildman–Crippen MR) is 56.7 cm³/mol. The summed E-state index contributed by atoms with van der Waals surface area (Å²) in [5.74, 6) is 0. The van der Waals surface area contributed by atoms with E-state index < -0.39 is 0 Å². The fourth-order valence-electron chi connectivity index (χ4n) is 1.86. The molecule has 0 atom stereocenters. The quantitative estimate of drug-likeness (QED) is 0.498. The first-order valence-electron chi connectivity index (χ1n) is 5.48. The third kappa shape index (κ3) is 4.07. The first-order chi connectivity index (χ1) is 6.86. The van der Waals surface area contributed by atoms with Crippen molar-refractivity contribution in [3.63, 3.8) is 0 Å². The van der Waals surface area contributed by atoms with Crippen molar-refractivity contribution >= 4 is 6.41 Å². The summed E-state index contributed by atoms with van der Waals surface area (Å²) in [7, 11) is 1.77. The molecular weight excluding hydrogens is 178 g/mol. The molecule has 1 heterocycles. The summed E-state index contributed by atoms with van der Waals surface area (Å²) >= 11 is 0. The van der Waals surface area contributed by atoms with Crippen LogP contribution in [0.2, 0.25) is 0 Å². The lowest BCUT2D eigenvalue weighted by Gasteiger charge is -2.27. The van der Waals surface area contributed by atoms with Crippen LogP contribution < -0.4 is 5.43 Å². The molecule has 0 bridgehead atoms. The summed E-state index contributed by atoms with van der Waals surface area (Å²) in [5.41, 5.74) is 2.84. The molecule has 82 valence electrons. The van der Waals surface area contributed by atoms with Crippen molar-refractivity contribution < 1.29 is 4.79 Å². The minimum Gasteiger partial charge on any atom is -0.303 e. The molecule has 1 saturated heterocycles. The van der Waals surface area contributed by atoms with Crippen molar-refractivity contribution in [3.8, 4) is 0 Å². The van der Waals surface area contributed by atoms with Gasteiger partial charge in [-0.1, -0.05) is 6.42 Å². The van der Waals surface area contributed by atoms with E-state index in [9.17, 15) is 4.79 Å². The Bertz CT molecular complexity index is 157. The molecule has 1 amide bonds. The molecule has 0 unspecified atom stereocenters. The van der Waals surface area contributed by atoms with Crippen LogP contribution >= 0.6 is 0 Å². The number of carbonyl (C=O) groups is 1. The van der Waals surface area contributed by atoms with Gasteiger partial charge in [0.05, 0.1) is 0 Å². The zero-order chi connectivity index (χ0) is 10.2. The number of amides is 1. The van der Waals surface area contributed by atoms with Gasteiger partial charge in [0.2, 0.25) is 6.41 Å². The van der Waals surface area contributed by atoms with Crippen molar-refractivity contribution in [2.75, 3.05) is 33.2 Å². The van der Waals surface area contributed by atoms with Crippen LogP contribution in [0.25, 0.3) is 0 Å².